The Hall–Kier alpha value is -3.33. The molecule has 0 aliphatic heterocycles. The summed E-state index contributed by atoms with van der Waals surface area (Å²) in [6.45, 7) is 0.225. The maximum Gasteiger partial charge on any atom is 0.331 e. The van der Waals surface area contributed by atoms with Crippen LogP contribution in [0.15, 0.2) is 52.1 Å². The lowest BCUT2D eigenvalue weighted by atomic mass is 10.2. The SMILES string of the molecule is COCCn1c(=O)c2cc([N+](=O)[O-])ccc2n(Cc2ccc(F)cc2)c1=O. The molecular formula is C18H16FN3O5. The molecule has 0 fully saturated rings. The molecule has 0 N–H and O–H groups in total. The highest BCUT2D eigenvalue weighted by atomic mass is 19.1. The smallest absolute Gasteiger partial charge is 0.331 e. The number of fused-ring (bicyclic) bond motifs is 1. The number of hydrogen-bond acceptors (Lipinski definition) is 5. The van der Waals surface area contributed by atoms with Crippen LogP contribution >= 0.6 is 0 Å². The molecule has 0 aliphatic rings. The van der Waals surface area contributed by atoms with Crippen LogP contribution in [0.25, 0.3) is 10.9 Å². The molecule has 0 spiro atoms. The number of aromatic nitrogens is 2. The van der Waals surface area contributed by atoms with E-state index in [-0.39, 0.29) is 36.3 Å². The lowest BCUT2D eigenvalue weighted by molar-refractivity contribution is -0.384. The van der Waals surface area contributed by atoms with Gasteiger partial charge in [-0.2, -0.15) is 0 Å². The molecule has 27 heavy (non-hydrogen) atoms. The first-order valence-electron chi connectivity index (χ1n) is 8.07. The van der Waals surface area contributed by atoms with E-state index in [0.717, 1.165) is 10.6 Å². The summed E-state index contributed by atoms with van der Waals surface area (Å²) in [6, 6.07) is 9.37. The lowest BCUT2D eigenvalue weighted by Crippen LogP contribution is -2.41. The first-order chi connectivity index (χ1) is 12.9. The van der Waals surface area contributed by atoms with Crippen molar-refractivity contribution in [3.8, 4) is 0 Å². The Balaban J connectivity index is 2.26. The molecule has 1 heterocycles. The highest BCUT2D eigenvalue weighted by Crippen LogP contribution is 2.18. The number of nitro groups is 1. The number of nitro benzene ring substituents is 1. The van der Waals surface area contributed by atoms with Crippen LogP contribution in [0.5, 0.6) is 0 Å². The predicted molar refractivity (Wildman–Crippen MR) is 96.5 cm³/mol. The Morgan fingerprint density at radius 2 is 1.81 bits per heavy atom. The van der Waals surface area contributed by atoms with Gasteiger partial charge in [-0.15, -0.1) is 0 Å². The summed E-state index contributed by atoms with van der Waals surface area (Å²) in [5, 5.41) is 11.1. The standard InChI is InChI=1S/C18H16FN3O5/c1-27-9-8-20-17(23)15-10-14(22(25)26)6-7-16(15)21(18(20)24)11-12-2-4-13(19)5-3-12/h2-7,10H,8-9,11H2,1H3. The topological polar surface area (TPSA) is 96.4 Å². The van der Waals surface area contributed by atoms with Gasteiger partial charge in [0.05, 0.1) is 35.5 Å². The summed E-state index contributed by atoms with van der Waals surface area (Å²) >= 11 is 0. The van der Waals surface area contributed by atoms with Crippen molar-refractivity contribution in [2.24, 2.45) is 0 Å². The monoisotopic (exact) mass is 373 g/mol. The van der Waals surface area contributed by atoms with E-state index >= 15 is 0 Å². The van der Waals surface area contributed by atoms with Crippen LogP contribution in [0.2, 0.25) is 0 Å². The zero-order chi connectivity index (χ0) is 19.6. The molecule has 2 aromatic carbocycles. The lowest BCUT2D eigenvalue weighted by Gasteiger charge is -2.14. The third-order valence-corrected chi connectivity index (χ3v) is 4.19. The zero-order valence-corrected chi connectivity index (χ0v) is 14.4. The van der Waals surface area contributed by atoms with Crippen LogP contribution in [0.3, 0.4) is 0 Å². The normalized spacial score (nSPS) is 11.0. The van der Waals surface area contributed by atoms with Crippen molar-refractivity contribution in [1.82, 2.24) is 9.13 Å². The van der Waals surface area contributed by atoms with E-state index < -0.39 is 22.0 Å². The molecule has 0 unspecified atom stereocenters. The fraction of sp³-hybridized carbons (Fsp3) is 0.222. The molecule has 9 heteroatoms. The third kappa shape index (κ3) is 3.63. The minimum Gasteiger partial charge on any atom is -0.383 e. The van der Waals surface area contributed by atoms with E-state index in [1.807, 2.05) is 0 Å². The Kier molecular flexibility index (Phi) is 5.13. The molecule has 0 bridgehead atoms. The molecule has 1 aromatic heterocycles. The van der Waals surface area contributed by atoms with Crippen LogP contribution in [-0.4, -0.2) is 27.8 Å². The highest BCUT2D eigenvalue weighted by molar-refractivity contribution is 5.80. The summed E-state index contributed by atoms with van der Waals surface area (Å²) < 4.78 is 20.4. The van der Waals surface area contributed by atoms with E-state index in [0.29, 0.717) is 5.56 Å². The average Bonchev–Trinajstić information content (AvgIpc) is 2.66. The summed E-state index contributed by atoms with van der Waals surface area (Å²) in [6.07, 6.45) is 0. The molecular weight excluding hydrogens is 357 g/mol. The van der Waals surface area contributed by atoms with E-state index in [1.165, 1.54) is 48.1 Å². The van der Waals surface area contributed by atoms with E-state index in [1.54, 1.807) is 0 Å². The Labute approximate surface area is 152 Å². The fourth-order valence-corrected chi connectivity index (χ4v) is 2.83. The number of nitrogens with zero attached hydrogens (tertiary/aromatic N) is 3. The van der Waals surface area contributed by atoms with Gasteiger partial charge in [0, 0.05) is 19.2 Å². The number of methoxy groups -OCH3 is 1. The van der Waals surface area contributed by atoms with Gasteiger partial charge in [0.25, 0.3) is 11.2 Å². The number of non-ortho nitro benzene ring substituents is 1. The highest BCUT2D eigenvalue weighted by Gasteiger charge is 2.16. The summed E-state index contributed by atoms with van der Waals surface area (Å²) in [5.41, 5.74) is -0.512. The van der Waals surface area contributed by atoms with Gasteiger partial charge in [-0.3, -0.25) is 24.0 Å². The van der Waals surface area contributed by atoms with Crippen LogP contribution in [-0.2, 0) is 17.8 Å². The summed E-state index contributed by atoms with van der Waals surface area (Å²) in [7, 11) is 1.44. The second-order valence-corrected chi connectivity index (χ2v) is 5.90. The molecule has 0 saturated carbocycles. The molecule has 0 saturated heterocycles. The molecule has 3 aromatic rings. The fourth-order valence-electron chi connectivity index (χ4n) is 2.83. The van der Waals surface area contributed by atoms with E-state index in [9.17, 15) is 24.1 Å². The third-order valence-electron chi connectivity index (χ3n) is 4.19. The number of benzene rings is 2. The molecule has 8 nitrogen and oxygen atoms in total. The predicted octanol–water partition coefficient (Wildman–Crippen LogP) is 1.91. The van der Waals surface area contributed by atoms with Crippen LogP contribution in [0.4, 0.5) is 10.1 Å². The van der Waals surface area contributed by atoms with Crippen molar-refractivity contribution in [3.05, 3.63) is 84.8 Å². The van der Waals surface area contributed by atoms with Gasteiger partial charge in [0.1, 0.15) is 5.82 Å². The summed E-state index contributed by atoms with van der Waals surface area (Å²) in [5.74, 6) is -0.406. The van der Waals surface area contributed by atoms with E-state index in [2.05, 4.69) is 0 Å². The molecule has 0 aliphatic carbocycles. The first-order valence-corrected chi connectivity index (χ1v) is 8.07. The number of rotatable bonds is 6. The van der Waals surface area contributed by atoms with Crippen LogP contribution in [0.1, 0.15) is 5.56 Å². The quantitative estimate of drug-likeness (QED) is 0.486. The number of halogens is 1. The molecule has 0 amide bonds. The van der Waals surface area contributed by atoms with Crippen molar-refractivity contribution in [2.75, 3.05) is 13.7 Å². The minimum atomic E-state index is -0.619. The maximum atomic E-state index is 13.1. The van der Waals surface area contributed by atoms with E-state index in [4.69, 9.17) is 4.74 Å². The Morgan fingerprint density at radius 3 is 2.44 bits per heavy atom. The van der Waals surface area contributed by atoms with Gasteiger partial charge in [-0.25, -0.2) is 9.18 Å². The van der Waals surface area contributed by atoms with Crippen molar-refractivity contribution < 1.29 is 14.1 Å². The Morgan fingerprint density at radius 1 is 1.11 bits per heavy atom. The van der Waals surface area contributed by atoms with Gasteiger partial charge in [0.2, 0.25) is 0 Å². The van der Waals surface area contributed by atoms with Gasteiger partial charge in [0.15, 0.2) is 0 Å². The first kappa shape index (κ1) is 18.5. The van der Waals surface area contributed by atoms with Gasteiger partial charge in [-0.1, -0.05) is 12.1 Å². The average molecular weight is 373 g/mol. The number of hydrogen-bond donors (Lipinski definition) is 0. The van der Waals surface area contributed by atoms with Crippen molar-refractivity contribution >= 4 is 16.6 Å². The Bertz CT molecular complexity index is 1120. The molecule has 0 radical (unpaired) electrons. The zero-order valence-electron chi connectivity index (χ0n) is 14.4. The minimum absolute atomic E-state index is 0.0101. The largest absolute Gasteiger partial charge is 0.383 e. The van der Waals surface area contributed by atoms with Crippen LogP contribution in [0, 0.1) is 15.9 Å². The van der Waals surface area contributed by atoms with Gasteiger partial charge in [-0.05, 0) is 23.8 Å². The summed E-state index contributed by atoms with van der Waals surface area (Å²) in [4.78, 5) is 36.0. The number of ether oxygens (including phenoxy) is 1. The van der Waals surface area contributed by atoms with Crippen molar-refractivity contribution in [1.29, 1.82) is 0 Å². The van der Waals surface area contributed by atoms with Crippen molar-refractivity contribution in [2.45, 2.75) is 13.1 Å². The van der Waals surface area contributed by atoms with Gasteiger partial charge >= 0.3 is 5.69 Å². The molecule has 140 valence electrons. The molecule has 3 rings (SSSR count). The van der Waals surface area contributed by atoms with Crippen molar-refractivity contribution in [3.63, 3.8) is 0 Å². The van der Waals surface area contributed by atoms with Gasteiger partial charge < -0.3 is 4.74 Å². The van der Waals surface area contributed by atoms with Crippen LogP contribution < -0.4 is 11.2 Å². The maximum absolute atomic E-state index is 13.1. The molecule has 0 atom stereocenters. The second kappa shape index (κ2) is 7.50. The second-order valence-electron chi connectivity index (χ2n) is 5.90.